The van der Waals surface area contributed by atoms with Crippen molar-refractivity contribution in [2.75, 3.05) is 11.1 Å². The number of aryl methyl sites for hydroxylation is 1. The Kier molecular flexibility index (Phi) is 2.91. The highest BCUT2D eigenvalue weighted by atomic mass is 16.1. The SMILES string of the molecule is Cc1cc2cc(NC(=O)c3ccc(N)cc3)ccc2[nH]1. The molecule has 0 bridgehead atoms. The van der Waals surface area contributed by atoms with Crippen LogP contribution in [-0.2, 0) is 0 Å². The van der Waals surface area contributed by atoms with Crippen LogP contribution < -0.4 is 11.1 Å². The minimum Gasteiger partial charge on any atom is -0.399 e. The molecule has 1 amide bonds. The fraction of sp³-hybridized carbons (Fsp3) is 0.0625. The van der Waals surface area contributed by atoms with Gasteiger partial charge >= 0.3 is 0 Å². The van der Waals surface area contributed by atoms with Crippen molar-refractivity contribution in [2.24, 2.45) is 0 Å². The van der Waals surface area contributed by atoms with E-state index in [1.165, 1.54) is 0 Å². The molecule has 4 heteroatoms. The first-order valence-electron chi connectivity index (χ1n) is 6.38. The van der Waals surface area contributed by atoms with Crippen molar-refractivity contribution < 1.29 is 4.79 Å². The number of carbonyl (C=O) groups is 1. The number of hydrogen-bond donors (Lipinski definition) is 3. The van der Waals surface area contributed by atoms with Crippen LogP contribution in [0, 0.1) is 6.92 Å². The van der Waals surface area contributed by atoms with Crippen LogP contribution in [0.1, 0.15) is 16.1 Å². The highest BCUT2D eigenvalue weighted by molar-refractivity contribution is 6.05. The molecule has 0 saturated carbocycles. The molecule has 0 aliphatic carbocycles. The van der Waals surface area contributed by atoms with Crippen molar-refractivity contribution >= 4 is 28.2 Å². The summed E-state index contributed by atoms with van der Waals surface area (Å²) in [5.41, 5.74) is 9.78. The lowest BCUT2D eigenvalue weighted by atomic mass is 10.2. The molecule has 4 nitrogen and oxygen atoms in total. The maximum atomic E-state index is 12.1. The zero-order valence-electron chi connectivity index (χ0n) is 11.1. The van der Waals surface area contributed by atoms with Gasteiger partial charge in [0.05, 0.1) is 0 Å². The number of anilines is 2. The topological polar surface area (TPSA) is 70.9 Å². The number of rotatable bonds is 2. The number of amides is 1. The van der Waals surface area contributed by atoms with Gasteiger partial charge < -0.3 is 16.0 Å². The van der Waals surface area contributed by atoms with Gasteiger partial charge in [-0.15, -0.1) is 0 Å². The Morgan fingerprint density at radius 3 is 2.60 bits per heavy atom. The Morgan fingerprint density at radius 2 is 1.85 bits per heavy atom. The molecular weight excluding hydrogens is 250 g/mol. The number of carbonyl (C=O) groups excluding carboxylic acids is 1. The highest BCUT2D eigenvalue weighted by Crippen LogP contribution is 2.20. The van der Waals surface area contributed by atoms with E-state index in [2.05, 4.69) is 10.3 Å². The maximum Gasteiger partial charge on any atom is 0.255 e. The third-order valence-corrected chi connectivity index (χ3v) is 3.19. The second-order valence-electron chi connectivity index (χ2n) is 4.83. The number of nitrogen functional groups attached to an aromatic ring is 1. The van der Waals surface area contributed by atoms with Crippen LogP contribution >= 0.6 is 0 Å². The summed E-state index contributed by atoms with van der Waals surface area (Å²) in [5.74, 6) is -0.142. The maximum absolute atomic E-state index is 12.1. The van der Waals surface area contributed by atoms with Gasteiger partial charge in [0.25, 0.3) is 5.91 Å². The molecule has 3 aromatic rings. The Hall–Kier alpha value is -2.75. The molecule has 1 heterocycles. The second-order valence-corrected chi connectivity index (χ2v) is 4.83. The summed E-state index contributed by atoms with van der Waals surface area (Å²) < 4.78 is 0. The fourth-order valence-electron chi connectivity index (χ4n) is 2.19. The van der Waals surface area contributed by atoms with Gasteiger partial charge in [-0.2, -0.15) is 0 Å². The molecule has 4 N–H and O–H groups in total. The molecule has 1 aromatic heterocycles. The van der Waals surface area contributed by atoms with Crippen LogP contribution in [0.25, 0.3) is 10.9 Å². The van der Waals surface area contributed by atoms with E-state index in [1.54, 1.807) is 24.3 Å². The number of hydrogen-bond acceptors (Lipinski definition) is 2. The predicted octanol–water partition coefficient (Wildman–Crippen LogP) is 3.31. The van der Waals surface area contributed by atoms with Crippen LogP contribution in [0.2, 0.25) is 0 Å². The first-order valence-corrected chi connectivity index (χ1v) is 6.38. The van der Waals surface area contributed by atoms with Gasteiger partial charge in [-0.3, -0.25) is 4.79 Å². The molecule has 100 valence electrons. The van der Waals surface area contributed by atoms with E-state index in [1.807, 2.05) is 31.2 Å². The Balaban J connectivity index is 1.84. The number of benzene rings is 2. The number of nitrogens with one attached hydrogen (secondary N) is 2. The van der Waals surface area contributed by atoms with E-state index in [0.29, 0.717) is 11.3 Å². The Labute approximate surface area is 116 Å². The van der Waals surface area contributed by atoms with Gasteiger partial charge in [-0.1, -0.05) is 0 Å². The van der Waals surface area contributed by atoms with E-state index in [4.69, 9.17) is 5.73 Å². The van der Waals surface area contributed by atoms with E-state index in [9.17, 15) is 4.79 Å². The van der Waals surface area contributed by atoms with Crippen LogP contribution in [0.5, 0.6) is 0 Å². The van der Waals surface area contributed by atoms with Gasteiger partial charge in [0.2, 0.25) is 0 Å². The Morgan fingerprint density at radius 1 is 1.10 bits per heavy atom. The monoisotopic (exact) mass is 265 g/mol. The largest absolute Gasteiger partial charge is 0.399 e. The quantitative estimate of drug-likeness (QED) is 0.622. The third-order valence-electron chi connectivity index (χ3n) is 3.19. The molecule has 20 heavy (non-hydrogen) atoms. The van der Waals surface area contributed by atoms with Gasteiger partial charge in [0, 0.05) is 33.5 Å². The molecule has 3 rings (SSSR count). The number of nitrogens with two attached hydrogens (primary N) is 1. The van der Waals surface area contributed by atoms with Gasteiger partial charge in [-0.25, -0.2) is 0 Å². The smallest absolute Gasteiger partial charge is 0.255 e. The fourth-order valence-corrected chi connectivity index (χ4v) is 2.19. The summed E-state index contributed by atoms with van der Waals surface area (Å²) in [6.45, 7) is 2.01. The molecular formula is C16H15N3O. The van der Waals surface area contributed by atoms with Crippen LogP contribution in [0.15, 0.2) is 48.5 Å². The molecule has 0 saturated heterocycles. The van der Waals surface area contributed by atoms with E-state index >= 15 is 0 Å². The third kappa shape index (κ3) is 2.36. The van der Waals surface area contributed by atoms with E-state index in [-0.39, 0.29) is 5.91 Å². The van der Waals surface area contributed by atoms with Crippen LogP contribution in [0.4, 0.5) is 11.4 Å². The summed E-state index contributed by atoms with van der Waals surface area (Å²) in [7, 11) is 0. The number of aromatic nitrogens is 1. The molecule has 0 spiro atoms. The molecule has 0 fully saturated rings. The van der Waals surface area contributed by atoms with Crippen molar-refractivity contribution in [3.05, 3.63) is 59.8 Å². The lowest BCUT2D eigenvalue weighted by Crippen LogP contribution is -2.11. The van der Waals surface area contributed by atoms with Gasteiger partial charge in [0.1, 0.15) is 0 Å². The van der Waals surface area contributed by atoms with Gasteiger partial charge in [0.15, 0.2) is 0 Å². The zero-order chi connectivity index (χ0) is 14.1. The lowest BCUT2D eigenvalue weighted by molar-refractivity contribution is 0.102. The molecule has 0 unspecified atom stereocenters. The number of H-pyrrole nitrogens is 1. The summed E-state index contributed by atoms with van der Waals surface area (Å²) in [4.78, 5) is 15.4. The Bertz CT molecular complexity index is 772. The summed E-state index contributed by atoms with van der Waals surface area (Å²) >= 11 is 0. The second kappa shape index (κ2) is 4.74. The minimum absolute atomic E-state index is 0.142. The summed E-state index contributed by atoms with van der Waals surface area (Å²) in [6, 6.07) is 14.7. The molecule has 0 radical (unpaired) electrons. The van der Waals surface area contributed by atoms with Crippen molar-refractivity contribution in [3.63, 3.8) is 0 Å². The summed E-state index contributed by atoms with van der Waals surface area (Å²) in [5, 5.41) is 3.97. The standard InChI is InChI=1S/C16H15N3O/c1-10-8-12-9-14(6-7-15(12)18-10)19-16(20)11-2-4-13(17)5-3-11/h2-9,18H,17H2,1H3,(H,19,20). The predicted molar refractivity (Wildman–Crippen MR) is 81.8 cm³/mol. The molecule has 0 atom stereocenters. The zero-order valence-corrected chi connectivity index (χ0v) is 11.1. The first kappa shape index (κ1) is 12.3. The van der Waals surface area contributed by atoms with Gasteiger partial charge in [-0.05, 0) is 55.5 Å². The highest BCUT2D eigenvalue weighted by Gasteiger charge is 2.06. The van der Waals surface area contributed by atoms with Crippen molar-refractivity contribution in [1.29, 1.82) is 0 Å². The number of fused-ring (bicyclic) bond motifs is 1. The average molecular weight is 265 g/mol. The lowest BCUT2D eigenvalue weighted by Gasteiger charge is -2.05. The first-order chi connectivity index (χ1) is 9.61. The molecule has 2 aromatic carbocycles. The van der Waals surface area contributed by atoms with Crippen LogP contribution in [-0.4, -0.2) is 10.9 Å². The average Bonchev–Trinajstić information content (AvgIpc) is 2.78. The molecule has 0 aliphatic heterocycles. The van der Waals surface area contributed by atoms with Crippen molar-refractivity contribution in [3.8, 4) is 0 Å². The van der Waals surface area contributed by atoms with Crippen molar-refractivity contribution in [1.82, 2.24) is 4.98 Å². The van der Waals surface area contributed by atoms with Crippen LogP contribution in [0.3, 0.4) is 0 Å². The molecule has 0 aliphatic rings. The summed E-state index contributed by atoms with van der Waals surface area (Å²) in [6.07, 6.45) is 0. The minimum atomic E-state index is -0.142. The normalized spacial score (nSPS) is 10.7. The van der Waals surface area contributed by atoms with Crippen molar-refractivity contribution in [2.45, 2.75) is 6.92 Å². The number of aromatic amines is 1. The van der Waals surface area contributed by atoms with E-state index < -0.39 is 0 Å². The van der Waals surface area contributed by atoms with E-state index in [0.717, 1.165) is 22.3 Å².